The van der Waals surface area contributed by atoms with Gasteiger partial charge in [0.05, 0.1) is 10.7 Å². The number of phenolic OH excluding ortho intramolecular Hbond substituents is 1. The van der Waals surface area contributed by atoms with Crippen LogP contribution in [-0.2, 0) is 10.0 Å². The monoisotopic (exact) mass is 311 g/mol. The van der Waals surface area contributed by atoms with Gasteiger partial charge >= 0.3 is 0 Å². The molecule has 0 bridgehead atoms. The highest BCUT2D eigenvalue weighted by Crippen LogP contribution is 2.31. The number of nitrogens with one attached hydrogen (secondary N) is 1. The Balaban J connectivity index is 2.47. The zero-order chi connectivity index (χ0) is 14.9. The van der Waals surface area contributed by atoms with E-state index >= 15 is 0 Å². The Morgan fingerprint density at radius 2 is 1.80 bits per heavy atom. The molecule has 0 aliphatic rings. The predicted molar refractivity (Wildman–Crippen MR) is 79.8 cm³/mol. The van der Waals surface area contributed by atoms with Crippen LogP contribution < -0.4 is 4.72 Å². The summed E-state index contributed by atoms with van der Waals surface area (Å²) < 4.78 is 26.9. The summed E-state index contributed by atoms with van der Waals surface area (Å²) in [4.78, 5) is -0.0276. The largest absolute Gasteiger partial charge is 0.505 e. The number of benzene rings is 2. The molecule has 106 valence electrons. The van der Waals surface area contributed by atoms with E-state index in [2.05, 4.69) is 4.72 Å². The number of phenols is 1. The van der Waals surface area contributed by atoms with Crippen molar-refractivity contribution in [2.75, 3.05) is 4.72 Å². The van der Waals surface area contributed by atoms with E-state index in [4.69, 9.17) is 11.6 Å². The van der Waals surface area contributed by atoms with Crippen molar-refractivity contribution in [2.45, 2.75) is 18.7 Å². The van der Waals surface area contributed by atoms with Gasteiger partial charge in [-0.3, -0.25) is 4.72 Å². The number of aryl methyl sites for hydroxylation is 2. The molecule has 6 heteroatoms. The van der Waals surface area contributed by atoms with Crippen molar-refractivity contribution in [3.63, 3.8) is 0 Å². The van der Waals surface area contributed by atoms with Crippen molar-refractivity contribution in [3.8, 4) is 5.75 Å². The third-order valence-electron chi connectivity index (χ3n) is 2.82. The normalized spacial score (nSPS) is 11.3. The zero-order valence-electron chi connectivity index (χ0n) is 11.0. The summed E-state index contributed by atoms with van der Waals surface area (Å²) in [6, 6.07) is 9.47. The molecular formula is C14H14ClNO3S. The molecule has 0 saturated heterocycles. The Morgan fingerprint density at radius 1 is 1.15 bits per heavy atom. The van der Waals surface area contributed by atoms with Crippen molar-refractivity contribution in [1.29, 1.82) is 0 Å². The number of sulfonamides is 1. The van der Waals surface area contributed by atoms with E-state index in [-0.39, 0.29) is 21.4 Å². The van der Waals surface area contributed by atoms with Gasteiger partial charge in [0, 0.05) is 0 Å². The molecular weight excluding hydrogens is 298 g/mol. The van der Waals surface area contributed by atoms with Crippen LogP contribution >= 0.6 is 11.6 Å². The van der Waals surface area contributed by atoms with Crippen molar-refractivity contribution >= 4 is 27.3 Å². The molecule has 0 radical (unpaired) electrons. The maximum absolute atomic E-state index is 12.3. The first-order valence-corrected chi connectivity index (χ1v) is 7.75. The van der Waals surface area contributed by atoms with Crippen LogP contribution in [0.25, 0.3) is 0 Å². The summed E-state index contributed by atoms with van der Waals surface area (Å²) in [5, 5.41) is 10.1. The molecule has 4 nitrogen and oxygen atoms in total. The highest BCUT2D eigenvalue weighted by atomic mass is 35.5. The predicted octanol–water partition coefficient (Wildman–Crippen LogP) is 3.46. The third-order valence-corrected chi connectivity index (χ3v) is 4.68. The SMILES string of the molecule is Cc1cc(C)c(O)c(NS(=O)(=O)c2ccccc2Cl)c1. The van der Waals surface area contributed by atoms with Crippen LogP contribution in [0.15, 0.2) is 41.3 Å². The minimum absolute atomic E-state index is 0.0276. The minimum Gasteiger partial charge on any atom is -0.505 e. The molecule has 0 saturated carbocycles. The van der Waals surface area contributed by atoms with E-state index in [1.54, 1.807) is 31.2 Å². The fourth-order valence-electron chi connectivity index (χ4n) is 1.90. The number of hydrogen-bond donors (Lipinski definition) is 2. The van der Waals surface area contributed by atoms with Crippen molar-refractivity contribution in [3.05, 3.63) is 52.5 Å². The molecule has 0 aliphatic carbocycles. The van der Waals surface area contributed by atoms with E-state index in [1.807, 2.05) is 6.92 Å². The summed E-state index contributed by atoms with van der Waals surface area (Å²) in [5.41, 5.74) is 1.58. The Hall–Kier alpha value is -1.72. The first kappa shape index (κ1) is 14.7. The molecule has 0 heterocycles. The smallest absolute Gasteiger partial charge is 0.263 e. The van der Waals surface area contributed by atoms with E-state index in [9.17, 15) is 13.5 Å². The van der Waals surface area contributed by atoms with Gasteiger partial charge in [0.15, 0.2) is 0 Å². The van der Waals surface area contributed by atoms with Crippen LogP contribution in [0.4, 0.5) is 5.69 Å². The van der Waals surface area contributed by atoms with Gasteiger partial charge in [-0.1, -0.05) is 29.8 Å². The van der Waals surface area contributed by atoms with E-state index in [1.165, 1.54) is 12.1 Å². The Morgan fingerprint density at radius 3 is 2.45 bits per heavy atom. The summed E-state index contributed by atoms with van der Waals surface area (Å²) in [7, 11) is -3.84. The number of aromatic hydroxyl groups is 1. The average molecular weight is 312 g/mol. The van der Waals surface area contributed by atoms with Gasteiger partial charge in [0.1, 0.15) is 10.6 Å². The third kappa shape index (κ3) is 2.89. The second-order valence-electron chi connectivity index (χ2n) is 4.51. The molecule has 0 aromatic heterocycles. The molecule has 0 spiro atoms. The molecule has 20 heavy (non-hydrogen) atoms. The lowest BCUT2D eigenvalue weighted by Gasteiger charge is -2.13. The highest BCUT2D eigenvalue weighted by Gasteiger charge is 2.19. The van der Waals surface area contributed by atoms with Crippen molar-refractivity contribution < 1.29 is 13.5 Å². The van der Waals surface area contributed by atoms with E-state index < -0.39 is 10.0 Å². The number of hydrogen-bond acceptors (Lipinski definition) is 3. The molecule has 2 aromatic rings. The molecule has 0 unspecified atom stereocenters. The second-order valence-corrected chi connectivity index (χ2v) is 6.57. The molecule has 2 aromatic carbocycles. The fourth-order valence-corrected chi connectivity index (χ4v) is 3.48. The van der Waals surface area contributed by atoms with Crippen LogP contribution in [-0.4, -0.2) is 13.5 Å². The fraction of sp³-hybridized carbons (Fsp3) is 0.143. The van der Waals surface area contributed by atoms with Gasteiger partial charge in [0.2, 0.25) is 0 Å². The summed E-state index contributed by atoms with van der Waals surface area (Å²) in [6.07, 6.45) is 0. The molecule has 0 amide bonds. The van der Waals surface area contributed by atoms with E-state index in [0.717, 1.165) is 5.56 Å². The van der Waals surface area contributed by atoms with Gasteiger partial charge in [-0.05, 0) is 43.2 Å². The first-order chi connectivity index (χ1) is 9.31. The first-order valence-electron chi connectivity index (χ1n) is 5.89. The van der Waals surface area contributed by atoms with E-state index in [0.29, 0.717) is 5.56 Å². The molecule has 0 fully saturated rings. The molecule has 0 atom stereocenters. The summed E-state index contributed by atoms with van der Waals surface area (Å²) in [6.45, 7) is 3.52. The van der Waals surface area contributed by atoms with Gasteiger partial charge < -0.3 is 5.11 Å². The lowest BCUT2D eigenvalue weighted by Crippen LogP contribution is -2.13. The lowest BCUT2D eigenvalue weighted by atomic mass is 10.1. The number of halogens is 1. The Labute approximate surface area is 123 Å². The Bertz CT molecular complexity index is 757. The van der Waals surface area contributed by atoms with Crippen LogP contribution in [0.3, 0.4) is 0 Å². The summed E-state index contributed by atoms with van der Waals surface area (Å²) in [5.74, 6) is -0.0915. The summed E-state index contributed by atoms with van der Waals surface area (Å²) >= 11 is 5.90. The molecule has 2 N–H and O–H groups in total. The maximum atomic E-state index is 12.3. The van der Waals surface area contributed by atoms with Crippen molar-refractivity contribution in [2.24, 2.45) is 0 Å². The highest BCUT2D eigenvalue weighted by molar-refractivity contribution is 7.92. The van der Waals surface area contributed by atoms with Gasteiger partial charge in [-0.25, -0.2) is 8.42 Å². The standard InChI is InChI=1S/C14H14ClNO3S/c1-9-7-10(2)14(17)12(8-9)16-20(18,19)13-6-4-3-5-11(13)15/h3-8,16-17H,1-2H3. The minimum atomic E-state index is -3.84. The average Bonchev–Trinajstić information content (AvgIpc) is 2.35. The van der Waals surface area contributed by atoms with Crippen LogP contribution in [0.5, 0.6) is 5.75 Å². The van der Waals surface area contributed by atoms with Crippen LogP contribution in [0.2, 0.25) is 5.02 Å². The number of anilines is 1. The maximum Gasteiger partial charge on any atom is 0.263 e. The van der Waals surface area contributed by atoms with Crippen LogP contribution in [0, 0.1) is 13.8 Å². The zero-order valence-corrected chi connectivity index (χ0v) is 12.6. The topological polar surface area (TPSA) is 66.4 Å². The molecule has 2 rings (SSSR count). The lowest BCUT2D eigenvalue weighted by molar-refractivity contribution is 0.473. The second kappa shape index (κ2) is 5.34. The Kier molecular flexibility index (Phi) is 3.92. The van der Waals surface area contributed by atoms with Gasteiger partial charge in [-0.2, -0.15) is 0 Å². The van der Waals surface area contributed by atoms with Crippen molar-refractivity contribution in [1.82, 2.24) is 0 Å². The number of rotatable bonds is 3. The van der Waals surface area contributed by atoms with Gasteiger partial charge in [-0.15, -0.1) is 0 Å². The van der Waals surface area contributed by atoms with Gasteiger partial charge in [0.25, 0.3) is 10.0 Å². The van der Waals surface area contributed by atoms with Crippen LogP contribution in [0.1, 0.15) is 11.1 Å². The molecule has 0 aliphatic heterocycles. The quantitative estimate of drug-likeness (QED) is 0.853.